The van der Waals surface area contributed by atoms with E-state index in [2.05, 4.69) is 6.58 Å². The van der Waals surface area contributed by atoms with E-state index in [0.29, 0.717) is 18.4 Å². The van der Waals surface area contributed by atoms with Crippen LogP contribution >= 0.6 is 0 Å². The summed E-state index contributed by atoms with van der Waals surface area (Å²) >= 11 is 0. The minimum absolute atomic E-state index is 0.0497. The normalized spacial score (nSPS) is 43.3. The maximum atomic E-state index is 12.4. The van der Waals surface area contributed by atoms with Gasteiger partial charge in [-0.05, 0) is 31.3 Å². The van der Waals surface area contributed by atoms with Crippen molar-refractivity contribution in [1.29, 1.82) is 0 Å². The number of esters is 2. The van der Waals surface area contributed by atoms with E-state index < -0.39 is 47.6 Å². The van der Waals surface area contributed by atoms with Crippen LogP contribution in [0.4, 0.5) is 0 Å². The van der Waals surface area contributed by atoms with Crippen molar-refractivity contribution in [3.63, 3.8) is 0 Å². The Kier molecular flexibility index (Phi) is 4.99. The fourth-order valence-corrected chi connectivity index (χ4v) is 4.31. The summed E-state index contributed by atoms with van der Waals surface area (Å²) in [7, 11) is 0. The zero-order chi connectivity index (χ0) is 20.1. The van der Waals surface area contributed by atoms with Crippen molar-refractivity contribution in [3.05, 3.63) is 23.8 Å². The molecule has 2 aliphatic heterocycles. The van der Waals surface area contributed by atoms with Gasteiger partial charge in [-0.2, -0.15) is 0 Å². The molecule has 7 heteroatoms. The van der Waals surface area contributed by atoms with Gasteiger partial charge in [0, 0.05) is 6.42 Å². The molecule has 150 valence electrons. The fraction of sp³-hybridized carbons (Fsp3) is 0.700. The van der Waals surface area contributed by atoms with Crippen molar-refractivity contribution in [1.82, 2.24) is 0 Å². The fourth-order valence-electron chi connectivity index (χ4n) is 4.31. The molecule has 0 aromatic carbocycles. The second kappa shape index (κ2) is 6.72. The molecular formula is C20H28O7. The van der Waals surface area contributed by atoms with E-state index in [0.717, 1.165) is 0 Å². The number of rotatable bonds is 3. The van der Waals surface area contributed by atoms with Crippen LogP contribution in [0.5, 0.6) is 0 Å². The summed E-state index contributed by atoms with van der Waals surface area (Å²) in [6.07, 6.45) is -1.62. The highest BCUT2D eigenvalue weighted by molar-refractivity contribution is 5.94. The Labute approximate surface area is 159 Å². The quantitative estimate of drug-likeness (QED) is 0.436. The van der Waals surface area contributed by atoms with E-state index >= 15 is 0 Å². The highest BCUT2D eigenvalue weighted by Gasteiger charge is 2.74. The van der Waals surface area contributed by atoms with Crippen molar-refractivity contribution >= 4 is 11.9 Å². The third-order valence-corrected chi connectivity index (χ3v) is 5.96. The Bertz CT molecular complexity index is 696. The molecule has 0 amide bonds. The lowest BCUT2D eigenvalue weighted by molar-refractivity contribution is -0.206. The summed E-state index contributed by atoms with van der Waals surface area (Å²) in [5.41, 5.74) is -1.99. The van der Waals surface area contributed by atoms with Crippen LogP contribution in [0.3, 0.4) is 0 Å². The van der Waals surface area contributed by atoms with Gasteiger partial charge in [-0.25, -0.2) is 4.79 Å². The van der Waals surface area contributed by atoms with E-state index in [1.807, 2.05) is 19.9 Å². The van der Waals surface area contributed by atoms with E-state index in [1.165, 1.54) is 0 Å². The van der Waals surface area contributed by atoms with Crippen molar-refractivity contribution in [3.8, 4) is 0 Å². The zero-order valence-corrected chi connectivity index (χ0v) is 16.2. The summed E-state index contributed by atoms with van der Waals surface area (Å²) in [6.45, 7) is 11.1. The number of carbonyl (C=O) groups excluding carboxylic acids is 2. The van der Waals surface area contributed by atoms with E-state index in [-0.39, 0.29) is 17.9 Å². The molecule has 27 heavy (non-hydrogen) atoms. The highest BCUT2D eigenvalue weighted by atomic mass is 16.7. The van der Waals surface area contributed by atoms with Crippen LogP contribution in [0.2, 0.25) is 0 Å². The topological polar surface area (TPSA) is 102 Å². The molecule has 0 spiro atoms. The summed E-state index contributed by atoms with van der Waals surface area (Å²) in [6, 6.07) is 0. The average Bonchev–Trinajstić information content (AvgIpc) is 2.95. The molecule has 2 fully saturated rings. The lowest BCUT2D eigenvalue weighted by Gasteiger charge is -2.38. The monoisotopic (exact) mass is 380 g/mol. The molecule has 0 aromatic rings. The van der Waals surface area contributed by atoms with Gasteiger partial charge in [-0.3, -0.25) is 4.79 Å². The number of ether oxygens (including phenoxy) is 3. The van der Waals surface area contributed by atoms with E-state index in [4.69, 9.17) is 14.2 Å². The van der Waals surface area contributed by atoms with Gasteiger partial charge in [0.1, 0.15) is 12.2 Å². The first-order valence-corrected chi connectivity index (χ1v) is 9.34. The molecule has 0 radical (unpaired) electrons. The molecule has 2 bridgehead atoms. The summed E-state index contributed by atoms with van der Waals surface area (Å²) in [4.78, 5) is 24.8. The number of carbonyl (C=O) groups is 2. The van der Waals surface area contributed by atoms with Gasteiger partial charge < -0.3 is 24.4 Å². The molecule has 1 aliphatic carbocycles. The Hall–Kier alpha value is -1.70. The summed E-state index contributed by atoms with van der Waals surface area (Å²) in [5.74, 6) is -1.13. The third-order valence-electron chi connectivity index (χ3n) is 5.96. The van der Waals surface area contributed by atoms with Crippen LogP contribution in [-0.4, -0.2) is 52.4 Å². The molecule has 7 nitrogen and oxygen atoms in total. The van der Waals surface area contributed by atoms with Gasteiger partial charge in [0.15, 0.2) is 18.0 Å². The van der Waals surface area contributed by atoms with E-state index in [9.17, 15) is 19.8 Å². The predicted octanol–water partition coefficient (Wildman–Crippen LogP) is 1.62. The summed E-state index contributed by atoms with van der Waals surface area (Å²) < 4.78 is 17.1. The molecular weight excluding hydrogens is 352 g/mol. The van der Waals surface area contributed by atoms with Gasteiger partial charge in [-0.1, -0.05) is 33.4 Å². The molecule has 2 saturated heterocycles. The molecule has 2 heterocycles. The molecule has 3 aliphatic rings. The minimum Gasteiger partial charge on any atom is -0.456 e. The first-order chi connectivity index (χ1) is 12.5. The van der Waals surface area contributed by atoms with Gasteiger partial charge >= 0.3 is 11.9 Å². The van der Waals surface area contributed by atoms with Crippen LogP contribution in [0, 0.1) is 11.3 Å². The second-order valence-corrected chi connectivity index (χ2v) is 8.47. The van der Waals surface area contributed by atoms with Crippen LogP contribution in [0.1, 0.15) is 47.0 Å². The van der Waals surface area contributed by atoms with Crippen molar-refractivity contribution in [2.45, 2.75) is 77.2 Å². The lowest BCUT2D eigenvalue weighted by Crippen LogP contribution is -2.57. The smallest absolute Gasteiger partial charge is 0.337 e. The van der Waals surface area contributed by atoms with Crippen LogP contribution < -0.4 is 0 Å². The predicted molar refractivity (Wildman–Crippen MR) is 95.3 cm³/mol. The largest absolute Gasteiger partial charge is 0.456 e. The van der Waals surface area contributed by atoms with Crippen molar-refractivity contribution in [2.24, 2.45) is 11.3 Å². The first-order valence-electron chi connectivity index (χ1n) is 9.34. The Morgan fingerprint density at radius 2 is 2.11 bits per heavy atom. The highest BCUT2D eigenvalue weighted by Crippen LogP contribution is 2.57. The number of hydrogen-bond acceptors (Lipinski definition) is 7. The standard InChI is InChI=1S/C20H28O7/c1-10(2)9-13(21)25-15-14(22)11(3)7-6-8-19(5)17-20(15,27-18(19)24)12(4)16(23)26-17/h7,10,14-15,17-18,22,24H,4,6,8-9H2,1-3,5H3/b11-7+/t14-,15-,17-,18+,19-,20+/m1/s1. The van der Waals surface area contributed by atoms with Gasteiger partial charge in [0.2, 0.25) is 0 Å². The van der Waals surface area contributed by atoms with Gasteiger partial charge in [0.25, 0.3) is 0 Å². The molecule has 0 unspecified atom stereocenters. The van der Waals surface area contributed by atoms with Gasteiger partial charge in [0.05, 0.1) is 11.0 Å². The first kappa shape index (κ1) is 20.0. The minimum atomic E-state index is -1.63. The van der Waals surface area contributed by atoms with Crippen molar-refractivity contribution < 1.29 is 34.0 Å². The molecule has 2 N–H and O–H groups in total. The Morgan fingerprint density at radius 3 is 2.74 bits per heavy atom. The van der Waals surface area contributed by atoms with Crippen LogP contribution in [0.15, 0.2) is 23.8 Å². The number of hydrogen-bond donors (Lipinski definition) is 2. The SMILES string of the molecule is C=C1C(=O)O[C@@H]2[C@@]3(C)CC/C=C(\C)[C@@H](O)[C@@H](OC(=O)CC(C)C)[C@@]12O[C@@H]3O. The maximum absolute atomic E-state index is 12.4. The van der Waals surface area contributed by atoms with Gasteiger partial charge in [-0.15, -0.1) is 0 Å². The van der Waals surface area contributed by atoms with Crippen LogP contribution in [0.25, 0.3) is 0 Å². The Balaban J connectivity index is 2.12. The lowest BCUT2D eigenvalue weighted by atomic mass is 9.72. The Morgan fingerprint density at radius 1 is 1.44 bits per heavy atom. The molecule has 0 saturated carbocycles. The third kappa shape index (κ3) is 2.92. The zero-order valence-electron chi connectivity index (χ0n) is 16.2. The van der Waals surface area contributed by atoms with Crippen LogP contribution in [-0.2, 0) is 23.8 Å². The molecule has 3 rings (SSSR count). The number of aliphatic hydroxyl groups excluding tert-OH is 2. The van der Waals surface area contributed by atoms with Crippen molar-refractivity contribution in [2.75, 3.05) is 0 Å². The average molecular weight is 380 g/mol. The molecule has 0 aromatic heterocycles. The number of allylic oxidation sites excluding steroid dienone is 1. The maximum Gasteiger partial charge on any atom is 0.337 e. The van der Waals surface area contributed by atoms with E-state index in [1.54, 1.807) is 13.8 Å². The second-order valence-electron chi connectivity index (χ2n) is 8.47. The summed E-state index contributed by atoms with van der Waals surface area (Å²) in [5, 5.41) is 21.6. The number of aliphatic hydroxyl groups is 2. The molecule has 6 atom stereocenters.